The molecule has 2 aliphatic rings. The zero-order valence-corrected chi connectivity index (χ0v) is 16.9. The first kappa shape index (κ1) is 20.5. The second kappa shape index (κ2) is 9.74. The van der Waals surface area contributed by atoms with E-state index in [4.69, 9.17) is 11.1 Å². The number of nitrogens with zero attached hydrogens (tertiary/aromatic N) is 4. The summed E-state index contributed by atoms with van der Waals surface area (Å²) in [6, 6.07) is 1.80. The van der Waals surface area contributed by atoms with Crippen LogP contribution in [0.1, 0.15) is 46.5 Å². The second-order valence-corrected chi connectivity index (χ2v) is 8.23. The molecule has 2 aliphatic heterocycles. The van der Waals surface area contributed by atoms with Crippen LogP contribution in [-0.2, 0) is 0 Å². The lowest BCUT2D eigenvalue weighted by atomic mass is 10.0. The average molecular weight is 353 g/mol. The second-order valence-electron chi connectivity index (χ2n) is 8.23. The Bertz CT molecular complexity index is 397. The molecule has 3 N–H and O–H groups in total. The third-order valence-electron chi connectivity index (χ3n) is 6.28. The van der Waals surface area contributed by atoms with Gasteiger partial charge in [0.2, 0.25) is 0 Å². The van der Waals surface area contributed by atoms with E-state index in [0.717, 1.165) is 25.9 Å². The largest absolute Gasteiger partial charge is 0.370 e. The number of rotatable bonds is 7. The van der Waals surface area contributed by atoms with Gasteiger partial charge in [-0.1, -0.05) is 0 Å². The molecule has 6 heteroatoms. The van der Waals surface area contributed by atoms with Gasteiger partial charge in [-0.05, 0) is 53.0 Å². The minimum absolute atomic E-state index is 0.198. The van der Waals surface area contributed by atoms with E-state index in [2.05, 4.69) is 35.5 Å². The highest BCUT2D eigenvalue weighted by molar-refractivity contribution is 5.74. The number of hydrogen-bond acceptors (Lipinski definition) is 4. The van der Waals surface area contributed by atoms with Crippen LogP contribution in [0, 0.1) is 5.41 Å². The first-order chi connectivity index (χ1) is 11.9. The molecule has 0 aromatic carbocycles. The molecule has 0 amide bonds. The number of nitrogens with one attached hydrogen (secondary N) is 1. The van der Waals surface area contributed by atoms with Gasteiger partial charge in [-0.2, -0.15) is 0 Å². The number of piperazine rings is 1. The highest BCUT2D eigenvalue weighted by atomic mass is 15.3. The molecule has 1 atom stereocenters. The third kappa shape index (κ3) is 6.12. The standard InChI is InChI=1S/C19H40N6/c1-16(2)24-14-12-23(13-15-24)9-5-6-17(3)25-10-7-18(8-11-25)22(4)19(20)21/h16-18H,5-15H2,1-4H3,(H3,20,21). The molecular formula is C19H40N6. The van der Waals surface area contributed by atoms with Gasteiger partial charge in [0.15, 0.2) is 5.96 Å². The molecular weight excluding hydrogens is 312 g/mol. The van der Waals surface area contributed by atoms with Crippen molar-refractivity contribution in [3.8, 4) is 0 Å². The van der Waals surface area contributed by atoms with Crippen LogP contribution in [0.15, 0.2) is 0 Å². The number of piperidine rings is 1. The van der Waals surface area contributed by atoms with E-state index in [0.29, 0.717) is 18.1 Å². The van der Waals surface area contributed by atoms with Gasteiger partial charge in [-0.15, -0.1) is 0 Å². The predicted octanol–water partition coefficient (Wildman–Crippen LogP) is 1.47. The molecule has 25 heavy (non-hydrogen) atoms. The van der Waals surface area contributed by atoms with E-state index in [-0.39, 0.29) is 5.96 Å². The summed E-state index contributed by atoms with van der Waals surface area (Å²) in [6.45, 7) is 15.4. The number of likely N-dealkylation sites (tertiary alicyclic amines) is 1. The molecule has 2 fully saturated rings. The summed E-state index contributed by atoms with van der Waals surface area (Å²) in [5.41, 5.74) is 5.61. The molecule has 1 unspecified atom stereocenters. The normalized spacial score (nSPS) is 23.1. The van der Waals surface area contributed by atoms with Crippen LogP contribution >= 0.6 is 0 Å². The summed E-state index contributed by atoms with van der Waals surface area (Å²) in [5.74, 6) is 0.198. The van der Waals surface area contributed by atoms with Crippen molar-refractivity contribution in [3.63, 3.8) is 0 Å². The maximum absolute atomic E-state index is 7.58. The Labute approximate surface area is 154 Å². The first-order valence-electron chi connectivity index (χ1n) is 10.2. The van der Waals surface area contributed by atoms with Gasteiger partial charge in [-0.3, -0.25) is 10.3 Å². The number of guanidine groups is 1. The van der Waals surface area contributed by atoms with E-state index >= 15 is 0 Å². The minimum Gasteiger partial charge on any atom is -0.370 e. The summed E-state index contributed by atoms with van der Waals surface area (Å²) < 4.78 is 0. The van der Waals surface area contributed by atoms with Crippen LogP contribution in [0.25, 0.3) is 0 Å². The lowest BCUT2D eigenvalue weighted by molar-refractivity contribution is 0.0984. The van der Waals surface area contributed by atoms with Gasteiger partial charge in [0.05, 0.1) is 0 Å². The molecule has 0 aromatic rings. The molecule has 2 rings (SSSR count). The molecule has 0 bridgehead atoms. The average Bonchev–Trinajstić information content (AvgIpc) is 2.61. The van der Waals surface area contributed by atoms with E-state index in [9.17, 15) is 0 Å². The zero-order valence-electron chi connectivity index (χ0n) is 16.9. The van der Waals surface area contributed by atoms with Crippen LogP contribution < -0.4 is 5.73 Å². The fraction of sp³-hybridized carbons (Fsp3) is 0.947. The van der Waals surface area contributed by atoms with E-state index < -0.39 is 0 Å². The van der Waals surface area contributed by atoms with E-state index in [1.165, 1.54) is 45.6 Å². The number of hydrogen-bond donors (Lipinski definition) is 2. The van der Waals surface area contributed by atoms with E-state index in [1.54, 1.807) is 0 Å². The Morgan fingerprint density at radius 3 is 2.16 bits per heavy atom. The van der Waals surface area contributed by atoms with Crippen molar-refractivity contribution in [2.75, 3.05) is 52.9 Å². The van der Waals surface area contributed by atoms with Crippen molar-refractivity contribution in [3.05, 3.63) is 0 Å². The van der Waals surface area contributed by atoms with Gasteiger partial charge in [-0.25, -0.2) is 0 Å². The lowest BCUT2D eigenvalue weighted by Gasteiger charge is -2.40. The maximum Gasteiger partial charge on any atom is 0.188 e. The van der Waals surface area contributed by atoms with Crippen LogP contribution in [0.5, 0.6) is 0 Å². The van der Waals surface area contributed by atoms with Gasteiger partial charge >= 0.3 is 0 Å². The molecule has 6 nitrogen and oxygen atoms in total. The first-order valence-corrected chi connectivity index (χ1v) is 10.2. The molecule has 0 aliphatic carbocycles. The Kier molecular flexibility index (Phi) is 7.97. The summed E-state index contributed by atoms with van der Waals surface area (Å²) in [7, 11) is 1.95. The molecule has 0 aromatic heterocycles. The molecule has 0 radical (unpaired) electrons. The monoisotopic (exact) mass is 352 g/mol. The zero-order chi connectivity index (χ0) is 18.4. The fourth-order valence-corrected chi connectivity index (χ4v) is 4.21. The van der Waals surface area contributed by atoms with Crippen molar-refractivity contribution in [1.82, 2.24) is 19.6 Å². The third-order valence-corrected chi connectivity index (χ3v) is 6.28. The smallest absolute Gasteiger partial charge is 0.188 e. The Morgan fingerprint density at radius 2 is 1.64 bits per heavy atom. The predicted molar refractivity (Wildman–Crippen MR) is 106 cm³/mol. The Balaban J connectivity index is 1.60. The van der Waals surface area contributed by atoms with Gasteiger partial charge in [0, 0.05) is 64.4 Å². The molecule has 2 saturated heterocycles. The molecule has 0 spiro atoms. The maximum atomic E-state index is 7.58. The van der Waals surface area contributed by atoms with Crippen LogP contribution in [0.2, 0.25) is 0 Å². The summed E-state index contributed by atoms with van der Waals surface area (Å²) in [4.78, 5) is 9.78. The van der Waals surface area contributed by atoms with Crippen molar-refractivity contribution in [2.24, 2.45) is 5.73 Å². The summed E-state index contributed by atoms with van der Waals surface area (Å²) >= 11 is 0. The number of nitrogens with two attached hydrogens (primary N) is 1. The van der Waals surface area contributed by atoms with Gasteiger partial charge in [0.25, 0.3) is 0 Å². The van der Waals surface area contributed by atoms with Gasteiger partial charge in [0.1, 0.15) is 0 Å². The highest BCUT2D eigenvalue weighted by Gasteiger charge is 2.25. The molecule has 0 saturated carbocycles. The fourth-order valence-electron chi connectivity index (χ4n) is 4.21. The van der Waals surface area contributed by atoms with Crippen LogP contribution in [0.4, 0.5) is 0 Å². The SMILES string of the molecule is CC(C)N1CCN(CCCC(C)N2CCC(N(C)C(=N)N)CC2)CC1. The van der Waals surface area contributed by atoms with Crippen LogP contribution in [-0.4, -0.2) is 96.5 Å². The molecule has 146 valence electrons. The lowest BCUT2D eigenvalue weighted by Crippen LogP contribution is -2.50. The topological polar surface area (TPSA) is 62.8 Å². The van der Waals surface area contributed by atoms with E-state index in [1.807, 2.05) is 11.9 Å². The minimum atomic E-state index is 0.198. The van der Waals surface area contributed by atoms with Crippen molar-refractivity contribution in [1.29, 1.82) is 5.41 Å². The van der Waals surface area contributed by atoms with Crippen LogP contribution in [0.3, 0.4) is 0 Å². The summed E-state index contributed by atoms with van der Waals surface area (Å²) in [5, 5.41) is 7.58. The Morgan fingerprint density at radius 1 is 1.04 bits per heavy atom. The summed E-state index contributed by atoms with van der Waals surface area (Å²) in [6.07, 6.45) is 4.84. The highest BCUT2D eigenvalue weighted by Crippen LogP contribution is 2.19. The van der Waals surface area contributed by atoms with Crippen molar-refractivity contribution >= 4 is 5.96 Å². The molecule has 2 heterocycles. The van der Waals surface area contributed by atoms with Gasteiger partial charge < -0.3 is 20.4 Å². The van der Waals surface area contributed by atoms with Crippen molar-refractivity contribution < 1.29 is 0 Å². The quantitative estimate of drug-likeness (QED) is 0.537. The Hall–Kier alpha value is -0.850. The van der Waals surface area contributed by atoms with Crippen molar-refractivity contribution in [2.45, 2.75) is 64.6 Å².